The van der Waals surface area contributed by atoms with E-state index in [-0.39, 0.29) is 11.1 Å². The molecule has 0 aliphatic rings. The fraction of sp³-hybridized carbons (Fsp3) is 0.333. The predicted octanol–water partition coefficient (Wildman–Crippen LogP) is 3.65. The van der Waals surface area contributed by atoms with Crippen LogP contribution in [0.1, 0.15) is 42.6 Å². The Morgan fingerprint density at radius 2 is 1.89 bits per heavy atom. The molecule has 0 atom stereocenters. The van der Waals surface area contributed by atoms with E-state index in [2.05, 4.69) is 25.8 Å². The van der Waals surface area contributed by atoms with Gasteiger partial charge in [0.15, 0.2) is 5.69 Å². The number of rotatable bonds is 2. The van der Waals surface area contributed by atoms with E-state index in [1.54, 1.807) is 6.92 Å². The molecule has 1 aromatic heterocycles. The molecule has 100 valence electrons. The first kappa shape index (κ1) is 13.3. The van der Waals surface area contributed by atoms with Gasteiger partial charge in [-0.25, -0.2) is 9.78 Å². The van der Waals surface area contributed by atoms with Gasteiger partial charge in [-0.3, -0.25) is 0 Å². The van der Waals surface area contributed by atoms with Gasteiger partial charge in [0, 0.05) is 5.56 Å². The Bertz CT molecular complexity index is 621. The van der Waals surface area contributed by atoms with Gasteiger partial charge in [0.2, 0.25) is 5.89 Å². The SMILES string of the molecule is Cc1oc(-c2ccccc2C(C)(C)C)nc1C(=O)O. The summed E-state index contributed by atoms with van der Waals surface area (Å²) in [6, 6.07) is 7.76. The first-order valence-electron chi connectivity index (χ1n) is 6.11. The Morgan fingerprint density at radius 3 is 2.42 bits per heavy atom. The van der Waals surface area contributed by atoms with E-state index in [9.17, 15) is 4.79 Å². The van der Waals surface area contributed by atoms with E-state index >= 15 is 0 Å². The third kappa shape index (κ3) is 2.52. The number of nitrogens with zero attached hydrogens (tertiary/aromatic N) is 1. The molecule has 4 heteroatoms. The van der Waals surface area contributed by atoms with Crippen LogP contribution in [0.2, 0.25) is 0 Å². The maximum Gasteiger partial charge on any atom is 0.358 e. The fourth-order valence-electron chi connectivity index (χ4n) is 2.03. The lowest BCUT2D eigenvalue weighted by Crippen LogP contribution is -2.12. The maximum atomic E-state index is 11.0. The number of carboxylic acid groups (broad SMARTS) is 1. The fourth-order valence-corrected chi connectivity index (χ4v) is 2.03. The molecule has 1 N–H and O–H groups in total. The minimum absolute atomic E-state index is 0.0290. The first-order chi connectivity index (χ1) is 8.80. The molecule has 4 nitrogen and oxygen atoms in total. The van der Waals surface area contributed by atoms with Crippen LogP contribution in [-0.2, 0) is 5.41 Å². The van der Waals surface area contributed by atoms with Crippen molar-refractivity contribution in [3.63, 3.8) is 0 Å². The van der Waals surface area contributed by atoms with Crippen LogP contribution in [0, 0.1) is 6.92 Å². The summed E-state index contributed by atoms with van der Waals surface area (Å²) in [5, 5.41) is 9.03. The molecular weight excluding hydrogens is 242 g/mol. The topological polar surface area (TPSA) is 63.3 Å². The Hall–Kier alpha value is -2.10. The minimum atomic E-state index is -1.07. The van der Waals surface area contributed by atoms with Crippen molar-refractivity contribution in [2.75, 3.05) is 0 Å². The molecular formula is C15H17NO3. The normalized spacial score (nSPS) is 11.6. The summed E-state index contributed by atoms with van der Waals surface area (Å²) in [6.07, 6.45) is 0. The summed E-state index contributed by atoms with van der Waals surface area (Å²) in [5.74, 6) is -0.382. The van der Waals surface area contributed by atoms with Gasteiger partial charge in [0.25, 0.3) is 0 Å². The number of carboxylic acids is 1. The summed E-state index contributed by atoms with van der Waals surface area (Å²) in [7, 11) is 0. The van der Waals surface area contributed by atoms with Crippen LogP contribution in [0.25, 0.3) is 11.5 Å². The quantitative estimate of drug-likeness (QED) is 0.894. The average molecular weight is 259 g/mol. The van der Waals surface area contributed by atoms with E-state index < -0.39 is 5.97 Å². The van der Waals surface area contributed by atoms with Crippen LogP contribution >= 0.6 is 0 Å². The monoisotopic (exact) mass is 259 g/mol. The Labute approximate surface area is 112 Å². The number of aryl methyl sites for hydroxylation is 1. The average Bonchev–Trinajstić information content (AvgIpc) is 2.70. The maximum absolute atomic E-state index is 11.0. The molecule has 0 fully saturated rings. The van der Waals surface area contributed by atoms with Crippen molar-refractivity contribution < 1.29 is 14.3 Å². The van der Waals surface area contributed by atoms with Gasteiger partial charge in [0.05, 0.1) is 0 Å². The molecule has 0 radical (unpaired) electrons. The third-order valence-electron chi connectivity index (χ3n) is 2.96. The van der Waals surface area contributed by atoms with Crippen molar-refractivity contribution >= 4 is 5.97 Å². The van der Waals surface area contributed by atoms with Gasteiger partial charge in [-0.2, -0.15) is 0 Å². The molecule has 0 aliphatic heterocycles. The van der Waals surface area contributed by atoms with E-state index in [1.807, 2.05) is 24.3 Å². The number of hydrogen-bond acceptors (Lipinski definition) is 3. The molecule has 0 amide bonds. The third-order valence-corrected chi connectivity index (χ3v) is 2.96. The van der Waals surface area contributed by atoms with Gasteiger partial charge >= 0.3 is 5.97 Å². The Morgan fingerprint density at radius 1 is 1.26 bits per heavy atom. The van der Waals surface area contributed by atoms with Crippen LogP contribution in [-0.4, -0.2) is 16.1 Å². The lowest BCUT2D eigenvalue weighted by atomic mass is 9.84. The molecule has 1 aromatic carbocycles. The lowest BCUT2D eigenvalue weighted by Gasteiger charge is -2.21. The predicted molar refractivity (Wildman–Crippen MR) is 72.3 cm³/mol. The molecule has 0 bridgehead atoms. The highest BCUT2D eigenvalue weighted by molar-refractivity contribution is 5.87. The summed E-state index contributed by atoms with van der Waals surface area (Å²) in [4.78, 5) is 15.1. The summed E-state index contributed by atoms with van der Waals surface area (Å²) >= 11 is 0. The zero-order chi connectivity index (χ0) is 14.2. The highest BCUT2D eigenvalue weighted by Gasteiger charge is 2.23. The van der Waals surface area contributed by atoms with Crippen molar-refractivity contribution in [1.82, 2.24) is 4.98 Å². The molecule has 19 heavy (non-hydrogen) atoms. The highest BCUT2D eigenvalue weighted by atomic mass is 16.4. The zero-order valence-corrected chi connectivity index (χ0v) is 11.5. The van der Waals surface area contributed by atoms with E-state index in [0.29, 0.717) is 11.7 Å². The summed E-state index contributed by atoms with van der Waals surface area (Å²) in [6.45, 7) is 7.90. The van der Waals surface area contributed by atoms with Crippen molar-refractivity contribution in [2.45, 2.75) is 33.1 Å². The van der Waals surface area contributed by atoms with Crippen LogP contribution in [0.3, 0.4) is 0 Å². The number of aromatic carboxylic acids is 1. The van der Waals surface area contributed by atoms with Crippen LogP contribution in [0.15, 0.2) is 28.7 Å². The molecule has 0 aliphatic carbocycles. The largest absolute Gasteiger partial charge is 0.476 e. The zero-order valence-electron chi connectivity index (χ0n) is 11.5. The second kappa shape index (κ2) is 4.53. The first-order valence-corrected chi connectivity index (χ1v) is 6.11. The van der Waals surface area contributed by atoms with Crippen molar-refractivity contribution in [2.24, 2.45) is 0 Å². The summed E-state index contributed by atoms with van der Waals surface area (Å²) in [5.41, 5.74) is 1.82. The van der Waals surface area contributed by atoms with E-state index in [0.717, 1.165) is 11.1 Å². The van der Waals surface area contributed by atoms with Gasteiger partial charge in [-0.05, 0) is 24.0 Å². The molecule has 0 saturated carbocycles. The molecule has 1 heterocycles. The van der Waals surface area contributed by atoms with E-state index in [4.69, 9.17) is 9.52 Å². The van der Waals surface area contributed by atoms with Crippen molar-refractivity contribution in [3.8, 4) is 11.5 Å². The van der Waals surface area contributed by atoms with Crippen molar-refractivity contribution in [1.29, 1.82) is 0 Å². The van der Waals surface area contributed by atoms with Crippen LogP contribution < -0.4 is 0 Å². The number of hydrogen-bond donors (Lipinski definition) is 1. The van der Waals surface area contributed by atoms with E-state index in [1.165, 1.54) is 0 Å². The number of carbonyl (C=O) groups is 1. The smallest absolute Gasteiger partial charge is 0.358 e. The number of aromatic nitrogens is 1. The van der Waals surface area contributed by atoms with Crippen molar-refractivity contribution in [3.05, 3.63) is 41.3 Å². The van der Waals surface area contributed by atoms with Gasteiger partial charge in [0.1, 0.15) is 5.76 Å². The number of oxazole rings is 1. The van der Waals surface area contributed by atoms with Crippen LogP contribution in [0.4, 0.5) is 0 Å². The van der Waals surface area contributed by atoms with Gasteiger partial charge < -0.3 is 9.52 Å². The minimum Gasteiger partial charge on any atom is -0.476 e. The second-order valence-corrected chi connectivity index (χ2v) is 5.52. The number of benzene rings is 1. The standard InChI is InChI=1S/C15H17NO3/c1-9-12(14(17)18)16-13(19-9)10-7-5-6-8-11(10)15(2,3)4/h5-8H,1-4H3,(H,17,18). The molecule has 0 saturated heterocycles. The molecule has 0 unspecified atom stereocenters. The lowest BCUT2D eigenvalue weighted by molar-refractivity contribution is 0.0689. The second-order valence-electron chi connectivity index (χ2n) is 5.52. The summed E-state index contributed by atoms with van der Waals surface area (Å²) < 4.78 is 5.51. The Balaban J connectivity index is 2.60. The molecule has 2 aromatic rings. The highest BCUT2D eigenvalue weighted by Crippen LogP contribution is 2.33. The van der Waals surface area contributed by atoms with Crippen LogP contribution in [0.5, 0.6) is 0 Å². The Kier molecular flexibility index (Phi) is 3.18. The molecule has 2 rings (SSSR count). The molecule has 0 spiro atoms. The van der Waals surface area contributed by atoms with Gasteiger partial charge in [-0.1, -0.05) is 39.0 Å². The van der Waals surface area contributed by atoms with Gasteiger partial charge in [-0.15, -0.1) is 0 Å².